The minimum absolute atomic E-state index is 0.113. The Hall–Kier alpha value is -0.0800. The van der Waals surface area contributed by atoms with Crippen molar-refractivity contribution in [1.82, 2.24) is 4.90 Å². The molecule has 1 saturated carbocycles. The quantitative estimate of drug-likeness (QED) is 0.798. The molecule has 0 heterocycles. The summed E-state index contributed by atoms with van der Waals surface area (Å²) in [6.07, 6.45) is 3.33. The highest BCUT2D eigenvalue weighted by molar-refractivity contribution is 4.93. The molecule has 2 unspecified atom stereocenters. The fraction of sp³-hybridized carbons (Fsp3) is 1.00. The molecule has 1 aliphatic carbocycles. The first-order valence-corrected chi connectivity index (χ1v) is 6.60. The van der Waals surface area contributed by atoms with Crippen LogP contribution in [0.3, 0.4) is 0 Å². The normalized spacial score (nSPS) is 30.0. The van der Waals surface area contributed by atoms with Crippen molar-refractivity contribution >= 4 is 0 Å². The largest absolute Gasteiger partial charge is 0.392 e. The van der Waals surface area contributed by atoms with Gasteiger partial charge in [-0.15, -0.1) is 0 Å². The van der Waals surface area contributed by atoms with E-state index in [1.54, 1.807) is 0 Å². The van der Waals surface area contributed by atoms with Crippen LogP contribution in [0.2, 0.25) is 0 Å². The Balaban J connectivity index is 2.57. The van der Waals surface area contributed by atoms with Crippen molar-refractivity contribution in [2.24, 2.45) is 11.3 Å². The van der Waals surface area contributed by atoms with Crippen molar-refractivity contribution in [3.8, 4) is 0 Å². The molecule has 2 atom stereocenters. The predicted octanol–water partition coefficient (Wildman–Crippen LogP) is 2.90. The Morgan fingerprint density at radius 1 is 1.38 bits per heavy atom. The van der Waals surface area contributed by atoms with Gasteiger partial charge in [-0.05, 0) is 51.5 Å². The summed E-state index contributed by atoms with van der Waals surface area (Å²) in [5, 5.41) is 10.3. The number of rotatable bonds is 4. The van der Waals surface area contributed by atoms with Gasteiger partial charge in [-0.3, -0.25) is 0 Å². The highest BCUT2D eigenvalue weighted by Gasteiger charge is 2.41. The van der Waals surface area contributed by atoms with E-state index >= 15 is 0 Å². The van der Waals surface area contributed by atoms with Crippen molar-refractivity contribution < 1.29 is 5.11 Å². The van der Waals surface area contributed by atoms with Crippen LogP contribution in [-0.2, 0) is 0 Å². The van der Waals surface area contributed by atoms with Crippen LogP contribution < -0.4 is 0 Å². The van der Waals surface area contributed by atoms with Gasteiger partial charge < -0.3 is 10.0 Å². The second-order valence-electron chi connectivity index (χ2n) is 6.78. The van der Waals surface area contributed by atoms with E-state index in [0.717, 1.165) is 25.8 Å². The fourth-order valence-electron chi connectivity index (χ4n) is 2.56. The third-order valence-electron chi connectivity index (χ3n) is 4.81. The summed E-state index contributed by atoms with van der Waals surface area (Å²) in [5.41, 5.74) is 0.355. The third-order valence-corrected chi connectivity index (χ3v) is 4.81. The second-order valence-corrected chi connectivity index (χ2v) is 6.78. The summed E-state index contributed by atoms with van der Waals surface area (Å²) in [6.45, 7) is 12.2. The minimum atomic E-state index is -0.136. The molecule has 0 bridgehead atoms. The van der Waals surface area contributed by atoms with Crippen molar-refractivity contribution in [3.63, 3.8) is 0 Å². The van der Waals surface area contributed by atoms with Gasteiger partial charge in [0.25, 0.3) is 0 Å². The van der Waals surface area contributed by atoms with E-state index in [9.17, 15) is 5.11 Å². The fourth-order valence-corrected chi connectivity index (χ4v) is 2.56. The lowest BCUT2D eigenvalue weighted by Gasteiger charge is -2.38. The van der Waals surface area contributed by atoms with Gasteiger partial charge in [0.1, 0.15) is 0 Å². The van der Waals surface area contributed by atoms with Crippen molar-refractivity contribution in [2.45, 2.75) is 65.5 Å². The van der Waals surface area contributed by atoms with Crippen LogP contribution in [0.5, 0.6) is 0 Å². The molecule has 1 fully saturated rings. The number of nitrogens with zero attached hydrogens (tertiary/aromatic N) is 1. The van der Waals surface area contributed by atoms with Gasteiger partial charge in [0.2, 0.25) is 0 Å². The molecular formula is C14H29NO. The van der Waals surface area contributed by atoms with Crippen LogP contribution >= 0.6 is 0 Å². The lowest BCUT2D eigenvalue weighted by Crippen LogP contribution is -2.45. The summed E-state index contributed by atoms with van der Waals surface area (Å²) in [6, 6.07) is 0. The van der Waals surface area contributed by atoms with Crippen LogP contribution in [0, 0.1) is 11.3 Å². The zero-order valence-corrected chi connectivity index (χ0v) is 11.9. The average molecular weight is 227 g/mol. The Morgan fingerprint density at radius 2 is 1.94 bits per heavy atom. The molecule has 0 aromatic heterocycles. The maximum Gasteiger partial charge on any atom is 0.0631 e. The molecule has 0 radical (unpaired) electrons. The molecule has 0 aromatic carbocycles. The first-order valence-electron chi connectivity index (χ1n) is 6.60. The average Bonchev–Trinajstić information content (AvgIpc) is 2.45. The van der Waals surface area contributed by atoms with Crippen LogP contribution in [-0.4, -0.2) is 35.2 Å². The monoisotopic (exact) mass is 227 g/mol. The summed E-state index contributed by atoms with van der Waals surface area (Å²) < 4.78 is 0. The summed E-state index contributed by atoms with van der Waals surface area (Å²) in [5.74, 6) is 0.450. The molecule has 0 amide bonds. The molecule has 0 aliphatic heterocycles. The molecule has 16 heavy (non-hydrogen) atoms. The smallest absolute Gasteiger partial charge is 0.0631 e. The Bertz CT molecular complexity index is 235. The predicted molar refractivity (Wildman–Crippen MR) is 69.5 cm³/mol. The van der Waals surface area contributed by atoms with Crippen LogP contribution in [0.25, 0.3) is 0 Å². The lowest BCUT2D eigenvalue weighted by molar-refractivity contribution is 0.0212. The SMILES string of the molecule is CCC(C)(C)N(C)CC1CCC(C)(C)C1O. The van der Waals surface area contributed by atoms with E-state index in [1.165, 1.54) is 0 Å². The molecule has 1 N–H and O–H groups in total. The van der Waals surface area contributed by atoms with E-state index in [-0.39, 0.29) is 17.1 Å². The van der Waals surface area contributed by atoms with Crippen LogP contribution in [0.15, 0.2) is 0 Å². The van der Waals surface area contributed by atoms with Crippen LogP contribution in [0.4, 0.5) is 0 Å². The summed E-state index contributed by atoms with van der Waals surface area (Å²) in [4.78, 5) is 2.41. The van der Waals surface area contributed by atoms with E-state index in [0.29, 0.717) is 5.92 Å². The maximum atomic E-state index is 10.3. The summed E-state index contributed by atoms with van der Waals surface area (Å²) >= 11 is 0. The molecule has 96 valence electrons. The van der Waals surface area contributed by atoms with Crippen LogP contribution in [0.1, 0.15) is 53.9 Å². The standard InChI is InChI=1S/C14H29NO/c1-7-14(4,5)15(6)10-11-8-9-13(2,3)12(11)16/h11-12,16H,7-10H2,1-6H3. The Morgan fingerprint density at radius 3 is 2.31 bits per heavy atom. The van der Waals surface area contributed by atoms with Gasteiger partial charge in [0.05, 0.1) is 6.10 Å². The molecular weight excluding hydrogens is 198 g/mol. The summed E-state index contributed by atoms with van der Waals surface area (Å²) in [7, 11) is 2.18. The van der Waals surface area contributed by atoms with Crippen molar-refractivity contribution in [2.75, 3.05) is 13.6 Å². The maximum absolute atomic E-state index is 10.3. The minimum Gasteiger partial charge on any atom is -0.392 e. The van der Waals surface area contributed by atoms with E-state index in [4.69, 9.17) is 0 Å². The van der Waals surface area contributed by atoms with E-state index in [2.05, 4.69) is 46.6 Å². The second kappa shape index (κ2) is 4.66. The molecule has 1 aliphatic rings. The van der Waals surface area contributed by atoms with Gasteiger partial charge in [0, 0.05) is 12.1 Å². The molecule has 0 spiro atoms. The molecule has 2 nitrogen and oxygen atoms in total. The highest BCUT2D eigenvalue weighted by Crippen LogP contribution is 2.41. The first kappa shape index (κ1) is 14.0. The zero-order chi connectivity index (χ0) is 12.6. The Labute approximate surface area is 101 Å². The van der Waals surface area contributed by atoms with E-state index < -0.39 is 0 Å². The number of aliphatic hydroxyl groups is 1. The lowest BCUT2D eigenvalue weighted by atomic mass is 9.87. The van der Waals surface area contributed by atoms with Crippen molar-refractivity contribution in [3.05, 3.63) is 0 Å². The van der Waals surface area contributed by atoms with Gasteiger partial charge in [-0.1, -0.05) is 20.8 Å². The first-order chi connectivity index (χ1) is 7.20. The molecule has 1 rings (SSSR count). The number of hydrogen-bond donors (Lipinski definition) is 1. The highest BCUT2D eigenvalue weighted by atomic mass is 16.3. The van der Waals surface area contributed by atoms with Crippen molar-refractivity contribution in [1.29, 1.82) is 0 Å². The molecule has 0 aromatic rings. The third kappa shape index (κ3) is 2.78. The molecule has 2 heteroatoms. The van der Waals surface area contributed by atoms with Gasteiger partial charge in [-0.2, -0.15) is 0 Å². The topological polar surface area (TPSA) is 23.5 Å². The number of hydrogen-bond acceptors (Lipinski definition) is 2. The zero-order valence-electron chi connectivity index (χ0n) is 11.9. The van der Waals surface area contributed by atoms with Gasteiger partial charge in [-0.25, -0.2) is 0 Å². The number of aliphatic hydroxyl groups excluding tert-OH is 1. The van der Waals surface area contributed by atoms with Gasteiger partial charge in [0.15, 0.2) is 0 Å². The van der Waals surface area contributed by atoms with E-state index in [1.807, 2.05) is 0 Å². The molecule has 0 saturated heterocycles. The Kier molecular flexibility index (Phi) is 4.07. The van der Waals surface area contributed by atoms with Gasteiger partial charge >= 0.3 is 0 Å².